The van der Waals surface area contributed by atoms with Gasteiger partial charge in [-0.1, -0.05) is 30.3 Å². The number of hydrogen-bond acceptors (Lipinski definition) is 3. The van der Waals surface area contributed by atoms with Crippen LogP contribution in [-0.2, 0) is 11.8 Å². The number of furan rings is 1. The minimum atomic E-state index is -0.315. The Morgan fingerprint density at radius 1 is 1.26 bits per heavy atom. The zero-order valence-electron chi connectivity index (χ0n) is 12.7. The normalized spacial score (nSPS) is 12.4. The summed E-state index contributed by atoms with van der Waals surface area (Å²) in [5, 5.41) is 2.99. The summed E-state index contributed by atoms with van der Waals surface area (Å²) in [6.07, 6.45) is 8.23. The third kappa shape index (κ3) is 3.58. The molecule has 0 saturated carbocycles. The molecular formula is C18H17N3O2. The Morgan fingerprint density at radius 2 is 2.09 bits per heavy atom. The van der Waals surface area contributed by atoms with Crippen molar-refractivity contribution in [3.05, 3.63) is 84.3 Å². The average Bonchev–Trinajstić information content (AvgIpc) is 3.23. The quantitative estimate of drug-likeness (QED) is 0.737. The monoisotopic (exact) mass is 307 g/mol. The number of hydrogen-bond donors (Lipinski definition) is 1. The first-order valence-electron chi connectivity index (χ1n) is 7.28. The van der Waals surface area contributed by atoms with Gasteiger partial charge in [0.15, 0.2) is 0 Å². The van der Waals surface area contributed by atoms with E-state index in [0.29, 0.717) is 5.76 Å². The molecule has 1 N–H and O–H groups in total. The number of aromatic nitrogens is 2. The Kier molecular flexibility index (Phi) is 4.38. The Bertz CT molecular complexity index is 789. The molecule has 3 aromatic rings. The van der Waals surface area contributed by atoms with Gasteiger partial charge in [-0.3, -0.25) is 4.79 Å². The van der Waals surface area contributed by atoms with Crippen LogP contribution >= 0.6 is 0 Å². The van der Waals surface area contributed by atoms with Gasteiger partial charge in [0.2, 0.25) is 5.91 Å². The standard InChI is InChI=1S/C18H17N3O2/c1-21-12-11-19-18(21)17(14-6-3-2-4-7-14)20-16(22)10-9-15-8-5-13-23-15/h2-13,17H,1H3,(H,20,22)/b10-9+/t17-/m0/s1. The molecule has 116 valence electrons. The smallest absolute Gasteiger partial charge is 0.244 e. The molecule has 0 aliphatic carbocycles. The number of aryl methyl sites for hydroxylation is 1. The minimum Gasteiger partial charge on any atom is -0.465 e. The summed E-state index contributed by atoms with van der Waals surface area (Å²) in [7, 11) is 1.91. The van der Waals surface area contributed by atoms with Crippen LogP contribution in [0.3, 0.4) is 0 Å². The second-order valence-corrected chi connectivity index (χ2v) is 5.10. The third-order valence-electron chi connectivity index (χ3n) is 3.48. The van der Waals surface area contributed by atoms with Crippen LogP contribution in [0.15, 0.2) is 71.6 Å². The summed E-state index contributed by atoms with van der Waals surface area (Å²) < 4.78 is 7.08. The van der Waals surface area contributed by atoms with Crippen LogP contribution in [0, 0.1) is 0 Å². The summed E-state index contributed by atoms with van der Waals surface area (Å²) in [6.45, 7) is 0. The van der Waals surface area contributed by atoms with Crippen LogP contribution in [0.5, 0.6) is 0 Å². The summed E-state index contributed by atoms with van der Waals surface area (Å²) in [6, 6.07) is 13.0. The van der Waals surface area contributed by atoms with Crippen LogP contribution in [0.1, 0.15) is 23.2 Å². The highest BCUT2D eigenvalue weighted by atomic mass is 16.3. The first kappa shape index (κ1) is 14.8. The molecule has 0 bridgehead atoms. The van der Waals surface area contributed by atoms with Crippen LogP contribution in [0.4, 0.5) is 0 Å². The summed E-state index contributed by atoms with van der Waals surface area (Å²) in [5.41, 5.74) is 0.974. The zero-order chi connectivity index (χ0) is 16.1. The summed E-state index contributed by atoms with van der Waals surface area (Å²) in [4.78, 5) is 16.6. The van der Waals surface area contributed by atoms with Gasteiger partial charge in [-0.25, -0.2) is 4.98 Å². The van der Waals surface area contributed by atoms with Gasteiger partial charge in [0.05, 0.1) is 6.26 Å². The van der Waals surface area contributed by atoms with Gasteiger partial charge < -0.3 is 14.3 Å². The fourth-order valence-corrected chi connectivity index (χ4v) is 2.33. The number of imidazole rings is 1. The van der Waals surface area contributed by atoms with Gasteiger partial charge in [0, 0.05) is 25.5 Å². The number of rotatable bonds is 5. The molecule has 2 aromatic heterocycles. The van der Waals surface area contributed by atoms with E-state index in [0.717, 1.165) is 11.4 Å². The van der Waals surface area contributed by atoms with Gasteiger partial charge in [-0.05, 0) is 23.8 Å². The van der Waals surface area contributed by atoms with Crippen LogP contribution in [-0.4, -0.2) is 15.5 Å². The first-order valence-corrected chi connectivity index (χ1v) is 7.28. The van der Waals surface area contributed by atoms with E-state index in [9.17, 15) is 4.79 Å². The third-order valence-corrected chi connectivity index (χ3v) is 3.48. The molecule has 0 fully saturated rings. The van der Waals surface area contributed by atoms with Gasteiger partial charge in [0.25, 0.3) is 0 Å². The van der Waals surface area contributed by atoms with Crippen molar-refractivity contribution in [2.45, 2.75) is 6.04 Å². The molecule has 0 saturated heterocycles. The molecule has 23 heavy (non-hydrogen) atoms. The maximum absolute atomic E-state index is 12.3. The number of carbonyl (C=O) groups excluding carboxylic acids is 1. The van der Waals surface area contributed by atoms with E-state index in [1.807, 2.05) is 48.1 Å². The predicted octanol–water partition coefficient (Wildman–Crippen LogP) is 2.93. The maximum Gasteiger partial charge on any atom is 0.244 e. The van der Waals surface area contributed by atoms with Gasteiger partial charge in [-0.2, -0.15) is 0 Å². The van der Waals surface area contributed by atoms with Gasteiger partial charge >= 0.3 is 0 Å². The zero-order valence-corrected chi connectivity index (χ0v) is 12.7. The van der Waals surface area contributed by atoms with Crippen LogP contribution < -0.4 is 5.32 Å². The second-order valence-electron chi connectivity index (χ2n) is 5.10. The molecule has 3 rings (SSSR count). The van der Waals surface area contributed by atoms with Crippen molar-refractivity contribution >= 4 is 12.0 Å². The van der Waals surface area contributed by atoms with E-state index in [1.165, 1.54) is 6.08 Å². The van der Waals surface area contributed by atoms with Gasteiger partial charge in [0.1, 0.15) is 17.6 Å². The molecule has 0 spiro atoms. The number of nitrogens with zero attached hydrogens (tertiary/aromatic N) is 2. The highest BCUT2D eigenvalue weighted by Crippen LogP contribution is 2.20. The number of benzene rings is 1. The molecule has 1 amide bonds. The average molecular weight is 307 g/mol. The second kappa shape index (κ2) is 6.79. The molecule has 0 aliphatic rings. The Balaban J connectivity index is 1.82. The van der Waals surface area contributed by atoms with E-state index in [-0.39, 0.29) is 11.9 Å². The Morgan fingerprint density at radius 3 is 2.74 bits per heavy atom. The van der Waals surface area contributed by atoms with E-state index >= 15 is 0 Å². The lowest BCUT2D eigenvalue weighted by molar-refractivity contribution is -0.117. The van der Waals surface area contributed by atoms with Crippen molar-refractivity contribution in [2.24, 2.45) is 7.05 Å². The van der Waals surface area contributed by atoms with Crippen molar-refractivity contribution in [2.75, 3.05) is 0 Å². The van der Waals surface area contributed by atoms with Crippen molar-refractivity contribution in [3.63, 3.8) is 0 Å². The van der Waals surface area contributed by atoms with E-state index in [2.05, 4.69) is 10.3 Å². The van der Waals surface area contributed by atoms with Crippen LogP contribution in [0.2, 0.25) is 0 Å². The maximum atomic E-state index is 12.3. The van der Waals surface area contributed by atoms with E-state index in [4.69, 9.17) is 4.42 Å². The molecular weight excluding hydrogens is 290 g/mol. The minimum absolute atomic E-state index is 0.210. The summed E-state index contributed by atoms with van der Waals surface area (Å²) >= 11 is 0. The molecule has 5 heteroatoms. The number of carbonyl (C=O) groups is 1. The van der Waals surface area contributed by atoms with Crippen molar-refractivity contribution in [1.82, 2.24) is 14.9 Å². The molecule has 1 aromatic carbocycles. The lowest BCUT2D eigenvalue weighted by Gasteiger charge is -2.18. The number of amides is 1. The predicted molar refractivity (Wildman–Crippen MR) is 87.4 cm³/mol. The topological polar surface area (TPSA) is 60.1 Å². The first-order chi connectivity index (χ1) is 11.2. The van der Waals surface area contributed by atoms with E-state index in [1.54, 1.807) is 30.7 Å². The molecule has 0 unspecified atom stereocenters. The fraction of sp³-hybridized carbons (Fsp3) is 0.111. The highest BCUT2D eigenvalue weighted by Gasteiger charge is 2.19. The Hall–Kier alpha value is -3.08. The molecule has 5 nitrogen and oxygen atoms in total. The van der Waals surface area contributed by atoms with Crippen molar-refractivity contribution in [1.29, 1.82) is 0 Å². The van der Waals surface area contributed by atoms with Gasteiger partial charge in [-0.15, -0.1) is 0 Å². The molecule has 1 atom stereocenters. The lowest BCUT2D eigenvalue weighted by atomic mass is 10.1. The van der Waals surface area contributed by atoms with Crippen molar-refractivity contribution in [3.8, 4) is 0 Å². The number of nitrogens with one attached hydrogen (secondary N) is 1. The van der Waals surface area contributed by atoms with E-state index < -0.39 is 0 Å². The van der Waals surface area contributed by atoms with Crippen LogP contribution in [0.25, 0.3) is 6.08 Å². The molecule has 0 aliphatic heterocycles. The fourth-order valence-electron chi connectivity index (χ4n) is 2.33. The summed E-state index contributed by atoms with van der Waals surface area (Å²) in [5.74, 6) is 1.20. The van der Waals surface area contributed by atoms with Crippen molar-refractivity contribution < 1.29 is 9.21 Å². The molecule has 0 radical (unpaired) electrons. The highest BCUT2D eigenvalue weighted by molar-refractivity contribution is 5.91. The SMILES string of the molecule is Cn1ccnc1[C@@H](NC(=O)/C=C/c1ccco1)c1ccccc1. The Labute approximate surface area is 134 Å². The lowest BCUT2D eigenvalue weighted by Crippen LogP contribution is -2.29. The molecule has 2 heterocycles. The largest absolute Gasteiger partial charge is 0.465 e.